The zero-order valence-corrected chi connectivity index (χ0v) is 13.5. The van der Waals surface area contributed by atoms with E-state index in [9.17, 15) is 19.5 Å². The van der Waals surface area contributed by atoms with Crippen LogP contribution in [0, 0.1) is 0 Å². The summed E-state index contributed by atoms with van der Waals surface area (Å²) in [5, 5.41) is 21.5. The molecule has 0 aliphatic heterocycles. The van der Waals surface area contributed by atoms with Crippen molar-refractivity contribution in [2.75, 3.05) is 6.54 Å². The first-order valence-electron chi connectivity index (χ1n) is 7.27. The van der Waals surface area contributed by atoms with Crippen molar-refractivity contribution in [2.24, 2.45) is 0 Å². The Morgan fingerprint density at radius 2 is 1.76 bits per heavy atom. The molecular weight excluding hydrogens is 346 g/mol. The van der Waals surface area contributed by atoms with Crippen LogP contribution in [0.4, 0.5) is 0 Å². The molecule has 1 aliphatic carbocycles. The zero-order valence-electron chi connectivity index (χ0n) is 12.7. The minimum Gasteiger partial charge on any atom is -0.506 e. The van der Waals surface area contributed by atoms with Gasteiger partial charge in [0.15, 0.2) is 0 Å². The molecule has 0 unspecified atom stereocenters. The van der Waals surface area contributed by atoms with E-state index in [0.717, 1.165) is 5.56 Å². The predicted octanol–water partition coefficient (Wildman–Crippen LogP) is 2.67. The smallest absolute Gasteiger partial charge is 0.322 e. The number of carbonyl (C=O) groups excluding carboxylic acids is 2. The maximum absolute atomic E-state index is 12.4. The van der Waals surface area contributed by atoms with E-state index < -0.39 is 35.5 Å². The molecule has 2 aromatic carbocycles. The summed E-state index contributed by atoms with van der Waals surface area (Å²) in [7, 11) is 0. The summed E-state index contributed by atoms with van der Waals surface area (Å²) in [4.78, 5) is 34.9. The van der Waals surface area contributed by atoms with Crippen LogP contribution in [0.2, 0.25) is 5.02 Å². The second kappa shape index (κ2) is 6.41. The number of amides is 1. The normalized spacial score (nSPS) is 12.9. The molecule has 0 atom stereocenters. The summed E-state index contributed by atoms with van der Waals surface area (Å²) < 4.78 is 0. The van der Waals surface area contributed by atoms with Crippen molar-refractivity contribution in [3.8, 4) is 11.1 Å². The lowest BCUT2D eigenvalue weighted by Crippen LogP contribution is -2.32. The summed E-state index contributed by atoms with van der Waals surface area (Å²) in [6, 6.07) is 11.8. The van der Waals surface area contributed by atoms with Gasteiger partial charge >= 0.3 is 5.97 Å². The number of carbonyl (C=O) groups is 3. The molecule has 0 spiro atoms. The Bertz CT molecular complexity index is 948. The Balaban J connectivity index is 2.01. The lowest BCUT2D eigenvalue weighted by atomic mass is 9.99. The van der Waals surface area contributed by atoms with Crippen LogP contribution in [-0.2, 0) is 9.59 Å². The van der Waals surface area contributed by atoms with Gasteiger partial charge in [-0.3, -0.25) is 14.4 Å². The predicted molar refractivity (Wildman–Crippen MR) is 91.4 cm³/mol. The molecule has 7 heteroatoms. The molecular formula is C18H12ClNO5. The Morgan fingerprint density at radius 1 is 1.04 bits per heavy atom. The highest BCUT2D eigenvalue weighted by atomic mass is 35.5. The van der Waals surface area contributed by atoms with Gasteiger partial charge in [-0.1, -0.05) is 35.9 Å². The highest BCUT2D eigenvalue weighted by Crippen LogP contribution is 2.36. The number of hydrogen-bond donors (Lipinski definition) is 3. The van der Waals surface area contributed by atoms with E-state index in [4.69, 9.17) is 16.7 Å². The quantitative estimate of drug-likeness (QED) is 0.730. The van der Waals surface area contributed by atoms with Crippen LogP contribution in [0.5, 0.6) is 0 Å². The van der Waals surface area contributed by atoms with E-state index in [0.29, 0.717) is 10.6 Å². The molecule has 6 nitrogen and oxygen atoms in total. The summed E-state index contributed by atoms with van der Waals surface area (Å²) in [6.07, 6.45) is 0. The first kappa shape index (κ1) is 16.7. The lowest BCUT2D eigenvalue weighted by molar-refractivity contribution is -0.137. The highest BCUT2D eigenvalue weighted by molar-refractivity contribution is 6.34. The fourth-order valence-electron chi connectivity index (χ4n) is 2.63. The molecule has 1 amide bonds. The average Bonchev–Trinajstić information content (AvgIpc) is 2.84. The Kier molecular flexibility index (Phi) is 4.29. The van der Waals surface area contributed by atoms with Crippen LogP contribution in [0.1, 0.15) is 15.9 Å². The first-order valence-corrected chi connectivity index (χ1v) is 7.65. The van der Waals surface area contributed by atoms with Gasteiger partial charge in [0.2, 0.25) is 5.78 Å². The molecule has 0 heterocycles. The fraction of sp³-hybridized carbons (Fsp3) is 0.0556. The molecule has 0 radical (unpaired) electrons. The van der Waals surface area contributed by atoms with Gasteiger partial charge < -0.3 is 15.5 Å². The van der Waals surface area contributed by atoms with Crippen molar-refractivity contribution < 1.29 is 24.6 Å². The summed E-state index contributed by atoms with van der Waals surface area (Å²) in [5.41, 5.74) is 1.32. The van der Waals surface area contributed by atoms with Crippen molar-refractivity contribution in [2.45, 2.75) is 0 Å². The zero-order chi connectivity index (χ0) is 18.1. The standard InChI is InChI=1S/C18H12ClNO5/c19-13-4-2-1-3-10(13)9-5-6-11-12(7-9)17(24)15(16(11)23)18(25)20-8-14(21)22/h1-7,24H,8H2,(H,20,25)(H,21,22). The van der Waals surface area contributed by atoms with Crippen molar-refractivity contribution >= 4 is 35.0 Å². The van der Waals surface area contributed by atoms with E-state index in [2.05, 4.69) is 5.32 Å². The molecule has 3 rings (SSSR count). The molecule has 126 valence electrons. The van der Waals surface area contributed by atoms with Crippen LogP contribution in [0.25, 0.3) is 16.9 Å². The van der Waals surface area contributed by atoms with Crippen LogP contribution in [0.15, 0.2) is 48.0 Å². The maximum Gasteiger partial charge on any atom is 0.322 e. The van der Waals surface area contributed by atoms with Gasteiger partial charge in [-0.25, -0.2) is 0 Å². The second-order valence-electron chi connectivity index (χ2n) is 5.37. The monoisotopic (exact) mass is 357 g/mol. The number of fused-ring (bicyclic) bond motifs is 1. The number of carboxylic acid groups (broad SMARTS) is 1. The molecule has 0 aromatic heterocycles. The SMILES string of the molecule is O=C(O)CNC(=O)C1=C(O)c2cc(-c3ccccc3Cl)ccc2C1=O. The number of carboxylic acids is 1. The molecule has 3 N–H and O–H groups in total. The van der Waals surface area contributed by atoms with E-state index in [-0.39, 0.29) is 11.1 Å². The summed E-state index contributed by atoms with van der Waals surface area (Å²) in [5.74, 6) is -3.31. The van der Waals surface area contributed by atoms with Crippen molar-refractivity contribution in [3.63, 3.8) is 0 Å². The number of hydrogen-bond acceptors (Lipinski definition) is 4. The van der Waals surface area contributed by atoms with E-state index >= 15 is 0 Å². The second-order valence-corrected chi connectivity index (χ2v) is 5.78. The number of rotatable bonds is 4. The van der Waals surface area contributed by atoms with Crippen LogP contribution < -0.4 is 5.32 Å². The number of aliphatic hydroxyl groups excluding tert-OH is 1. The van der Waals surface area contributed by atoms with Crippen molar-refractivity contribution in [3.05, 3.63) is 64.2 Å². The number of halogens is 1. The first-order chi connectivity index (χ1) is 11.9. The Morgan fingerprint density at radius 3 is 2.44 bits per heavy atom. The van der Waals surface area contributed by atoms with Gasteiger partial charge in [0.1, 0.15) is 17.9 Å². The summed E-state index contributed by atoms with van der Waals surface area (Å²) in [6.45, 7) is -0.649. The third kappa shape index (κ3) is 2.99. The number of aliphatic carboxylic acids is 1. The lowest BCUT2D eigenvalue weighted by Gasteiger charge is -2.07. The van der Waals surface area contributed by atoms with Gasteiger partial charge in [-0.05, 0) is 23.8 Å². The van der Waals surface area contributed by atoms with Gasteiger partial charge in [0.25, 0.3) is 5.91 Å². The minimum absolute atomic E-state index is 0.175. The van der Waals surface area contributed by atoms with Gasteiger partial charge in [-0.15, -0.1) is 0 Å². The third-order valence-corrected chi connectivity index (χ3v) is 4.12. The molecule has 0 saturated heterocycles. The van der Waals surface area contributed by atoms with Crippen LogP contribution >= 0.6 is 11.6 Å². The van der Waals surface area contributed by atoms with E-state index in [1.165, 1.54) is 6.07 Å². The van der Waals surface area contributed by atoms with Gasteiger partial charge in [0.05, 0.1) is 0 Å². The van der Waals surface area contributed by atoms with Crippen LogP contribution in [0.3, 0.4) is 0 Å². The number of Topliss-reactive ketones (excluding diaryl/α,β-unsaturated/α-hetero) is 1. The molecule has 2 aromatic rings. The molecule has 0 fully saturated rings. The number of ketones is 1. The van der Waals surface area contributed by atoms with Gasteiger partial charge in [0, 0.05) is 21.7 Å². The molecule has 25 heavy (non-hydrogen) atoms. The summed E-state index contributed by atoms with van der Waals surface area (Å²) >= 11 is 6.16. The Labute approximate surface area is 147 Å². The molecule has 1 aliphatic rings. The third-order valence-electron chi connectivity index (χ3n) is 3.80. The van der Waals surface area contributed by atoms with Crippen LogP contribution in [-0.4, -0.2) is 34.4 Å². The number of aliphatic hydroxyl groups is 1. The Hall–Kier alpha value is -3.12. The van der Waals surface area contributed by atoms with Crippen molar-refractivity contribution in [1.29, 1.82) is 0 Å². The average molecular weight is 358 g/mol. The molecule has 0 bridgehead atoms. The van der Waals surface area contributed by atoms with Gasteiger partial charge in [-0.2, -0.15) is 0 Å². The van der Waals surface area contributed by atoms with Crippen molar-refractivity contribution in [1.82, 2.24) is 5.32 Å². The van der Waals surface area contributed by atoms with E-state index in [1.54, 1.807) is 36.4 Å². The number of benzene rings is 2. The fourth-order valence-corrected chi connectivity index (χ4v) is 2.88. The highest BCUT2D eigenvalue weighted by Gasteiger charge is 2.34. The molecule has 0 saturated carbocycles. The topological polar surface area (TPSA) is 104 Å². The minimum atomic E-state index is -1.25. The van der Waals surface area contributed by atoms with E-state index in [1.807, 2.05) is 0 Å². The maximum atomic E-state index is 12.4. The largest absolute Gasteiger partial charge is 0.506 e. The number of nitrogens with one attached hydrogen (secondary N) is 1.